The molecule has 1 atom stereocenters. The SMILES string of the molecule is Cc1nccn1Cc1ccc(NC(=O)C2CCCN(c3ncccc3C(F)(F)F)C2)cc1. The molecule has 4 rings (SSSR count). The molecule has 2 aromatic heterocycles. The molecule has 1 aromatic carbocycles. The third kappa shape index (κ3) is 4.92. The topological polar surface area (TPSA) is 63.1 Å². The van der Waals surface area contributed by atoms with Crippen molar-refractivity contribution in [2.75, 3.05) is 23.3 Å². The van der Waals surface area contributed by atoms with Gasteiger partial charge in [0.2, 0.25) is 5.91 Å². The highest BCUT2D eigenvalue weighted by molar-refractivity contribution is 5.93. The fourth-order valence-corrected chi connectivity index (χ4v) is 3.96. The predicted molar refractivity (Wildman–Crippen MR) is 115 cm³/mol. The summed E-state index contributed by atoms with van der Waals surface area (Å²) in [7, 11) is 0. The summed E-state index contributed by atoms with van der Waals surface area (Å²) in [6.45, 7) is 3.25. The summed E-state index contributed by atoms with van der Waals surface area (Å²) in [6.07, 6.45) is 1.76. The number of imidazole rings is 1. The summed E-state index contributed by atoms with van der Waals surface area (Å²) in [5, 5.41) is 2.90. The van der Waals surface area contributed by atoms with Gasteiger partial charge in [-0.3, -0.25) is 4.79 Å². The van der Waals surface area contributed by atoms with Gasteiger partial charge in [-0.25, -0.2) is 9.97 Å². The Hall–Kier alpha value is -3.36. The fraction of sp³-hybridized carbons (Fsp3) is 0.348. The van der Waals surface area contributed by atoms with Gasteiger partial charge in [0, 0.05) is 43.9 Å². The van der Waals surface area contributed by atoms with Gasteiger partial charge in [-0.15, -0.1) is 0 Å². The van der Waals surface area contributed by atoms with Crippen molar-refractivity contribution in [3.05, 3.63) is 71.9 Å². The molecule has 6 nitrogen and oxygen atoms in total. The van der Waals surface area contributed by atoms with E-state index in [1.54, 1.807) is 11.1 Å². The number of carbonyl (C=O) groups excluding carboxylic acids is 1. The van der Waals surface area contributed by atoms with E-state index in [-0.39, 0.29) is 18.3 Å². The number of aromatic nitrogens is 3. The molecule has 1 unspecified atom stereocenters. The molecular formula is C23H24F3N5O. The number of nitrogens with zero attached hydrogens (tertiary/aromatic N) is 4. The molecule has 1 aliphatic rings. The van der Waals surface area contributed by atoms with Crippen LogP contribution in [0.3, 0.4) is 0 Å². The summed E-state index contributed by atoms with van der Waals surface area (Å²) in [4.78, 5) is 22.5. The molecule has 1 amide bonds. The van der Waals surface area contributed by atoms with Gasteiger partial charge in [0.25, 0.3) is 0 Å². The third-order valence-electron chi connectivity index (χ3n) is 5.68. The first-order valence-corrected chi connectivity index (χ1v) is 10.5. The number of aryl methyl sites for hydroxylation is 1. The number of amides is 1. The molecule has 1 fully saturated rings. The Morgan fingerprint density at radius 2 is 1.94 bits per heavy atom. The highest BCUT2D eigenvalue weighted by Gasteiger charge is 2.37. The molecule has 0 radical (unpaired) electrons. The summed E-state index contributed by atoms with van der Waals surface area (Å²) >= 11 is 0. The van der Waals surface area contributed by atoms with Crippen LogP contribution in [0.1, 0.15) is 29.8 Å². The zero-order valence-electron chi connectivity index (χ0n) is 17.6. The predicted octanol–water partition coefficient (Wildman–Crippen LogP) is 4.51. The van der Waals surface area contributed by atoms with Crippen molar-refractivity contribution < 1.29 is 18.0 Å². The minimum absolute atomic E-state index is 0.114. The zero-order chi connectivity index (χ0) is 22.7. The van der Waals surface area contributed by atoms with E-state index in [0.29, 0.717) is 31.6 Å². The van der Waals surface area contributed by atoms with E-state index in [2.05, 4.69) is 15.3 Å². The van der Waals surface area contributed by atoms with E-state index >= 15 is 0 Å². The lowest BCUT2D eigenvalue weighted by Gasteiger charge is -2.34. The third-order valence-corrected chi connectivity index (χ3v) is 5.68. The average Bonchev–Trinajstić information content (AvgIpc) is 3.19. The Morgan fingerprint density at radius 3 is 2.62 bits per heavy atom. The van der Waals surface area contributed by atoms with E-state index < -0.39 is 17.7 Å². The summed E-state index contributed by atoms with van der Waals surface area (Å²) < 4.78 is 42.1. The molecule has 0 spiro atoms. The van der Waals surface area contributed by atoms with Crippen molar-refractivity contribution >= 4 is 17.4 Å². The quantitative estimate of drug-likeness (QED) is 0.630. The Kier molecular flexibility index (Phi) is 6.16. The van der Waals surface area contributed by atoms with Crippen molar-refractivity contribution in [3.63, 3.8) is 0 Å². The Balaban J connectivity index is 1.40. The number of carbonyl (C=O) groups is 1. The van der Waals surface area contributed by atoms with Gasteiger partial charge < -0.3 is 14.8 Å². The fourth-order valence-electron chi connectivity index (χ4n) is 3.96. The Labute approximate surface area is 184 Å². The lowest BCUT2D eigenvalue weighted by molar-refractivity contribution is -0.137. The number of halogens is 3. The van der Waals surface area contributed by atoms with E-state index in [9.17, 15) is 18.0 Å². The van der Waals surface area contributed by atoms with Gasteiger partial charge in [0.1, 0.15) is 11.6 Å². The standard InChI is InChI=1S/C23H24F3N5O/c1-16-27-11-13-30(16)14-17-6-8-19(9-7-17)29-22(32)18-4-3-12-31(15-18)21-20(23(24,25)26)5-2-10-28-21/h2,5-11,13,18H,3-4,12,14-15H2,1H3,(H,29,32). The minimum atomic E-state index is -4.49. The minimum Gasteiger partial charge on any atom is -0.355 e. The Morgan fingerprint density at radius 1 is 1.16 bits per heavy atom. The van der Waals surface area contributed by atoms with E-state index in [1.807, 2.05) is 42.0 Å². The van der Waals surface area contributed by atoms with E-state index in [4.69, 9.17) is 0 Å². The first-order chi connectivity index (χ1) is 15.3. The molecule has 3 heterocycles. The number of hydrogen-bond acceptors (Lipinski definition) is 4. The second kappa shape index (κ2) is 9.02. The average molecular weight is 443 g/mol. The summed E-state index contributed by atoms with van der Waals surface area (Å²) in [5.41, 5.74) is 0.958. The van der Waals surface area contributed by atoms with Gasteiger partial charge in [-0.05, 0) is 49.6 Å². The summed E-state index contributed by atoms with van der Waals surface area (Å²) in [5.74, 6) is 0.194. The number of alkyl halides is 3. The van der Waals surface area contributed by atoms with Crippen LogP contribution in [0, 0.1) is 12.8 Å². The molecule has 9 heteroatoms. The monoisotopic (exact) mass is 443 g/mol. The number of anilines is 2. The summed E-state index contributed by atoms with van der Waals surface area (Å²) in [6, 6.07) is 9.84. The first kappa shape index (κ1) is 21.9. The molecule has 1 N–H and O–H groups in total. The smallest absolute Gasteiger partial charge is 0.355 e. The van der Waals surface area contributed by atoms with Gasteiger partial charge >= 0.3 is 6.18 Å². The largest absolute Gasteiger partial charge is 0.419 e. The second-order valence-corrected chi connectivity index (χ2v) is 7.95. The number of rotatable bonds is 5. The van der Waals surface area contributed by atoms with Gasteiger partial charge in [-0.1, -0.05) is 12.1 Å². The second-order valence-electron chi connectivity index (χ2n) is 7.95. The van der Waals surface area contributed by atoms with Crippen molar-refractivity contribution in [1.29, 1.82) is 0 Å². The molecule has 3 aromatic rings. The van der Waals surface area contributed by atoms with Crippen LogP contribution in [0.25, 0.3) is 0 Å². The zero-order valence-corrected chi connectivity index (χ0v) is 17.6. The first-order valence-electron chi connectivity index (χ1n) is 10.5. The van der Waals surface area contributed by atoms with Crippen LogP contribution in [-0.2, 0) is 17.5 Å². The van der Waals surface area contributed by atoms with E-state index in [0.717, 1.165) is 17.5 Å². The van der Waals surface area contributed by atoms with Crippen LogP contribution in [0.4, 0.5) is 24.7 Å². The maximum absolute atomic E-state index is 13.4. The van der Waals surface area contributed by atoms with Crippen molar-refractivity contribution in [3.8, 4) is 0 Å². The van der Waals surface area contributed by atoms with Crippen LogP contribution in [0.5, 0.6) is 0 Å². The van der Waals surface area contributed by atoms with Crippen LogP contribution < -0.4 is 10.2 Å². The normalized spacial score (nSPS) is 16.8. The molecule has 0 saturated carbocycles. The molecular weight excluding hydrogens is 419 g/mol. The number of piperidine rings is 1. The van der Waals surface area contributed by atoms with Gasteiger partial charge in [0.15, 0.2) is 0 Å². The van der Waals surface area contributed by atoms with Gasteiger partial charge in [0.05, 0.1) is 11.5 Å². The number of benzene rings is 1. The lowest BCUT2D eigenvalue weighted by Crippen LogP contribution is -2.42. The molecule has 0 aliphatic carbocycles. The molecule has 0 bridgehead atoms. The molecule has 32 heavy (non-hydrogen) atoms. The van der Waals surface area contributed by atoms with Crippen molar-refractivity contribution in [2.45, 2.75) is 32.5 Å². The maximum atomic E-state index is 13.4. The van der Waals surface area contributed by atoms with Gasteiger partial charge in [-0.2, -0.15) is 13.2 Å². The molecule has 1 saturated heterocycles. The highest BCUT2D eigenvalue weighted by atomic mass is 19.4. The van der Waals surface area contributed by atoms with Crippen LogP contribution in [0.15, 0.2) is 55.0 Å². The van der Waals surface area contributed by atoms with Crippen molar-refractivity contribution in [1.82, 2.24) is 14.5 Å². The molecule has 1 aliphatic heterocycles. The van der Waals surface area contributed by atoms with Crippen molar-refractivity contribution in [2.24, 2.45) is 5.92 Å². The van der Waals surface area contributed by atoms with Crippen LogP contribution in [0.2, 0.25) is 0 Å². The number of pyridine rings is 1. The number of hydrogen-bond donors (Lipinski definition) is 1. The van der Waals surface area contributed by atoms with E-state index in [1.165, 1.54) is 12.3 Å². The highest BCUT2D eigenvalue weighted by Crippen LogP contribution is 2.36. The van der Waals surface area contributed by atoms with Crippen LogP contribution in [-0.4, -0.2) is 33.5 Å². The maximum Gasteiger partial charge on any atom is 0.419 e. The van der Waals surface area contributed by atoms with Crippen LogP contribution >= 0.6 is 0 Å². The Bertz CT molecular complexity index is 1080. The molecule has 168 valence electrons. The lowest BCUT2D eigenvalue weighted by atomic mass is 9.96. The number of nitrogens with one attached hydrogen (secondary N) is 1.